The van der Waals surface area contributed by atoms with Crippen molar-refractivity contribution in [3.63, 3.8) is 0 Å². The smallest absolute Gasteiger partial charge is 0.0437 e. The highest BCUT2D eigenvalue weighted by Crippen LogP contribution is 2.55. The summed E-state index contributed by atoms with van der Waals surface area (Å²) in [5.74, 6) is 0. The molecule has 2 aliphatic carbocycles. The molecular formula is C40H30S. The fourth-order valence-electron chi connectivity index (χ4n) is 7.98. The van der Waals surface area contributed by atoms with Crippen molar-refractivity contribution in [2.24, 2.45) is 0 Å². The molecule has 0 radical (unpaired) electrons. The Morgan fingerprint density at radius 2 is 1.17 bits per heavy atom. The zero-order chi connectivity index (χ0) is 27.7. The van der Waals surface area contributed by atoms with Crippen molar-refractivity contribution in [1.29, 1.82) is 0 Å². The van der Waals surface area contributed by atoms with Crippen LogP contribution in [0.25, 0.3) is 64.3 Å². The van der Waals surface area contributed by atoms with Crippen LogP contribution >= 0.6 is 11.3 Å². The lowest BCUT2D eigenvalue weighted by Crippen LogP contribution is -2.15. The van der Waals surface area contributed by atoms with Crippen LogP contribution < -0.4 is 0 Å². The number of fused-ring (bicyclic) bond motifs is 12. The first kappa shape index (κ1) is 23.5. The van der Waals surface area contributed by atoms with Crippen LogP contribution in [0, 0.1) is 0 Å². The molecule has 1 heterocycles. The second-order valence-electron chi connectivity index (χ2n) is 12.9. The summed E-state index contributed by atoms with van der Waals surface area (Å²) in [4.78, 5) is 0. The van der Waals surface area contributed by atoms with Crippen LogP contribution in [0.1, 0.15) is 49.9 Å². The van der Waals surface area contributed by atoms with Gasteiger partial charge in [-0.3, -0.25) is 0 Å². The fraction of sp³-hybridized carbons (Fsp3) is 0.150. The van der Waals surface area contributed by atoms with E-state index >= 15 is 0 Å². The standard InChI is InChI=1S/C40H30S/c1-39(2)32-11-7-5-9-26(32)27-17-15-25(22-34(27)39)24-16-20-33-31(21-24)29-18-13-23-14-19-30-28-10-6-8-12-35(28)41-38(30)36(23)37(29)40(33,3)4/h5-22H,1-4H3. The Kier molecular flexibility index (Phi) is 4.44. The predicted octanol–water partition coefficient (Wildman–Crippen LogP) is 11.5. The molecule has 0 fully saturated rings. The fourth-order valence-corrected chi connectivity index (χ4v) is 9.24. The molecule has 0 spiro atoms. The van der Waals surface area contributed by atoms with Crippen LogP contribution in [-0.2, 0) is 10.8 Å². The van der Waals surface area contributed by atoms with Crippen molar-refractivity contribution >= 4 is 42.3 Å². The minimum atomic E-state index is -0.0747. The molecule has 7 aromatic rings. The molecule has 0 nitrogen and oxygen atoms in total. The summed E-state index contributed by atoms with van der Waals surface area (Å²) >= 11 is 1.94. The third-order valence-electron chi connectivity index (χ3n) is 10.1. The summed E-state index contributed by atoms with van der Waals surface area (Å²) in [7, 11) is 0. The zero-order valence-electron chi connectivity index (χ0n) is 23.8. The SMILES string of the molecule is CC1(C)c2ccccc2-c2ccc(-c3ccc4c(c3)-c3ccc5ccc6c7ccccc7sc6c5c3C4(C)C)cc21. The van der Waals surface area contributed by atoms with Crippen LogP contribution in [0.15, 0.2) is 109 Å². The summed E-state index contributed by atoms with van der Waals surface area (Å²) in [6, 6.07) is 41.4. The molecule has 0 amide bonds. The van der Waals surface area contributed by atoms with E-state index in [9.17, 15) is 0 Å². The van der Waals surface area contributed by atoms with E-state index in [1.165, 1.54) is 86.6 Å². The summed E-state index contributed by atoms with van der Waals surface area (Å²) in [5.41, 5.74) is 13.8. The van der Waals surface area contributed by atoms with Crippen molar-refractivity contribution in [3.8, 4) is 33.4 Å². The summed E-state index contributed by atoms with van der Waals surface area (Å²) in [5, 5.41) is 5.51. The van der Waals surface area contributed by atoms with Gasteiger partial charge in [0.15, 0.2) is 0 Å². The van der Waals surface area contributed by atoms with Gasteiger partial charge in [0, 0.05) is 36.4 Å². The zero-order valence-corrected chi connectivity index (χ0v) is 24.6. The normalized spacial score (nSPS) is 15.7. The van der Waals surface area contributed by atoms with Gasteiger partial charge in [-0.05, 0) is 79.2 Å². The quantitative estimate of drug-likeness (QED) is 0.193. The molecular weight excluding hydrogens is 513 g/mol. The molecule has 0 saturated carbocycles. The molecule has 2 aliphatic rings. The maximum Gasteiger partial charge on any atom is 0.0437 e. The molecule has 0 atom stereocenters. The first-order valence-corrected chi connectivity index (χ1v) is 15.4. The van der Waals surface area contributed by atoms with Crippen LogP contribution in [-0.4, -0.2) is 0 Å². The Hall–Kier alpha value is -4.20. The molecule has 0 N–H and O–H groups in total. The van der Waals surface area contributed by atoms with E-state index in [0.717, 1.165) is 0 Å². The van der Waals surface area contributed by atoms with Gasteiger partial charge in [-0.25, -0.2) is 0 Å². The highest BCUT2D eigenvalue weighted by atomic mass is 32.1. The highest BCUT2D eigenvalue weighted by Gasteiger charge is 2.38. The molecule has 9 rings (SSSR count). The van der Waals surface area contributed by atoms with Crippen molar-refractivity contribution in [1.82, 2.24) is 0 Å². The summed E-state index contributed by atoms with van der Waals surface area (Å²) in [6.07, 6.45) is 0. The van der Waals surface area contributed by atoms with Gasteiger partial charge >= 0.3 is 0 Å². The first-order chi connectivity index (χ1) is 19.8. The Bertz CT molecular complexity index is 2260. The van der Waals surface area contributed by atoms with E-state index in [0.29, 0.717) is 0 Å². The second kappa shape index (κ2) is 7.75. The van der Waals surface area contributed by atoms with E-state index in [1.54, 1.807) is 0 Å². The van der Waals surface area contributed by atoms with Crippen molar-refractivity contribution in [3.05, 3.63) is 131 Å². The van der Waals surface area contributed by atoms with E-state index in [1.807, 2.05) is 11.3 Å². The molecule has 0 aliphatic heterocycles. The molecule has 41 heavy (non-hydrogen) atoms. The van der Waals surface area contributed by atoms with Gasteiger partial charge in [0.2, 0.25) is 0 Å². The first-order valence-electron chi connectivity index (χ1n) is 14.6. The van der Waals surface area contributed by atoms with Crippen LogP contribution in [0.4, 0.5) is 0 Å². The minimum absolute atomic E-state index is 0.00178. The molecule has 0 bridgehead atoms. The van der Waals surface area contributed by atoms with Crippen molar-refractivity contribution < 1.29 is 0 Å². The topological polar surface area (TPSA) is 0 Å². The van der Waals surface area contributed by atoms with E-state index in [2.05, 4.69) is 137 Å². The minimum Gasteiger partial charge on any atom is -0.135 e. The average molecular weight is 543 g/mol. The average Bonchev–Trinajstić information content (AvgIpc) is 3.57. The largest absolute Gasteiger partial charge is 0.135 e. The van der Waals surface area contributed by atoms with Crippen molar-refractivity contribution in [2.45, 2.75) is 38.5 Å². The Balaban J connectivity index is 1.26. The predicted molar refractivity (Wildman–Crippen MR) is 177 cm³/mol. The molecule has 0 saturated heterocycles. The Morgan fingerprint density at radius 1 is 0.488 bits per heavy atom. The maximum atomic E-state index is 2.45. The second-order valence-corrected chi connectivity index (χ2v) is 14.0. The lowest BCUT2D eigenvalue weighted by atomic mass is 9.79. The molecule has 0 unspecified atom stereocenters. The number of rotatable bonds is 1. The van der Waals surface area contributed by atoms with Gasteiger partial charge in [0.05, 0.1) is 0 Å². The molecule has 1 aromatic heterocycles. The molecule has 1 heteroatoms. The molecule has 196 valence electrons. The van der Waals surface area contributed by atoms with Crippen LogP contribution in [0.3, 0.4) is 0 Å². The number of benzene rings is 6. The Labute approximate surface area is 244 Å². The van der Waals surface area contributed by atoms with Gasteiger partial charge in [-0.15, -0.1) is 11.3 Å². The van der Waals surface area contributed by atoms with Gasteiger partial charge in [0.25, 0.3) is 0 Å². The highest BCUT2D eigenvalue weighted by molar-refractivity contribution is 7.26. The lowest BCUT2D eigenvalue weighted by Gasteiger charge is -2.24. The van der Waals surface area contributed by atoms with E-state index in [4.69, 9.17) is 0 Å². The summed E-state index contributed by atoms with van der Waals surface area (Å²) in [6.45, 7) is 9.56. The van der Waals surface area contributed by atoms with Crippen LogP contribution in [0.5, 0.6) is 0 Å². The van der Waals surface area contributed by atoms with Crippen LogP contribution in [0.2, 0.25) is 0 Å². The van der Waals surface area contributed by atoms with Gasteiger partial charge in [-0.1, -0.05) is 119 Å². The van der Waals surface area contributed by atoms with Gasteiger partial charge in [0.1, 0.15) is 0 Å². The van der Waals surface area contributed by atoms with E-state index < -0.39 is 0 Å². The van der Waals surface area contributed by atoms with Crippen molar-refractivity contribution in [2.75, 3.05) is 0 Å². The lowest BCUT2D eigenvalue weighted by molar-refractivity contribution is 0.660. The van der Waals surface area contributed by atoms with Gasteiger partial charge in [-0.2, -0.15) is 0 Å². The maximum absolute atomic E-state index is 2.45. The number of hydrogen-bond donors (Lipinski definition) is 0. The van der Waals surface area contributed by atoms with E-state index in [-0.39, 0.29) is 10.8 Å². The molecule has 6 aromatic carbocycles. The third kappa shape index (κ3) is 2.95. The monoisotopic (exact) mass is 542 g/mol. The summed E-state index contributed by atoms with van der Waals surface area (Å²) < 4.78 is 2.78. The number of hydrogen-bond acceptors (Lipinski definition) is 1. The Morgan fingerprint density at radius 3 is 2.07 bits per heavy atom. The number of thiophene rings is 1. The van der Waals surface area contributed by atoms with Gasteiger partial charge < -0.3 is 0 Å². The third-order valence-corrected chi connectivity index (χ3v) is 11.3.